The molecule has 1 N–H and O–H groups in total. The smallest absolute Gasteiger partial charge is 0.0645 e. The van der Waals surface area contributed by atoms with E-state index >= 15 is 0 Å². The Labute approximate surface area is 115 Å². The molecule has 0 aliphatic carbocycles. The third-order valence-corrected chi connectivity index (χ3v) is 3.35. The Bertz CT molecular complexity index is 459. The van der Waals surface area contributed by atoms with E-state index in [-0.39, 0.29) is 0 Å². The van der Waals surface area contributed by atoms with Crippen molar-refractivity contribution in [1.29, 1.82) is 0 Å². The van der Waals surface area contributed by atoms with E-state index in [4.69, 9.17) is 0 Å². The minimum Gasteiger partial charge on any atom is -0.310 e. The molecule has 0 saturated heterocycles. The van der Waals surface area contributed by atoms with Crippen LogP contribution in [0.3, 0.4) is 0 Å². The van der Waals surface area contributed by atoms with Crippen molar-refractivity contribution in [2.45, 2.75) is 45.7 Å². The third kappa shape index (κ3) is 4.21. The zero-order valence-corrected chi connectivity index (χ0v) is 11.8. The molecular formula is C16H23N3. The highest BCUT2D eigenvalue weighted by Crippen LogP contribution is 2.09. The Morgan fingerprint density at radius 1 is 1.26 bits per heavy atom. The normalized spacial score (nSPS) is 12.5. The summed E-state index contributed by atoms with van der Waals surface area (Å²) >= 11 is 0. The molecule has 0 spiro atoms. The molecule has 1 unspecified atom stereocenters. The average Bonchev–Trinajstić information content (AvgIpc) is 2.97. The molecule has 3 nitrogen and oxygen atoms in total. The van der Waals surface area contributed by atoms with Gasteiger partial charge in [0, 0.05) is 25.0 Å². The van der Waals surface area contributed by atoms with E-state index in [1.165, 1.54) is 24.8 Å². The number of hydrogen-bond donors (Lipinski definition) is 1. The number of benzene rings is 1. The lowest BCUT2D eigenvalue weighted by Gasteiger charge is -2.13. The second-order valence-corrected chi connectivity index (χ2v) is 5.04. The van der Waals surface area contributed by atoms with Gasteiger partial charge < -0.3 is 5.32 Å². The molecule has 0 aliphatic heterocycles. The Morgan fingerprint density at radius 3 is 2.68 bits per heavy atom. The number of unbranched alkanes of at least 4 members (excludes halogenated alkanes) is 1. The second kappa shape index (κ2) is 7.10. The molecule has 1 atom stereocenters. The number of aromatic nitrogens is 2. The standard InChI is InChI=1S/C16H23N3/c1-3-4-6-14(2)17-13-15-7-9-16(10-8-15)19-12-5-11-18-19/h5,7-12,14,17H,3-4,6,13H2,1-2H3. The molecule has 3 heteroatoms. The monoisotopic (exact) mass is 257 g/mol. The average molecular weight is 257 g/mol. The summed E-state index contributed by atoms with van der Waals surface area (Å²) in [6.45, 7) is 5.43. The van der Waals surface area contributed by atoms with Crippen LogP contribution in [-0.2, 0) is 6.54 Å². The number of nitrogens with zero attached hydrogens (tertiary/aromatic N) is 2. The molecule has 0 saturated carbocycles. The van der Waals surface area contributed by atoms with Gasteiger partial charge in [0.2, 0.25) is 0 Å². The van der Waals surface area contributed by atoms with Crippen molar-refractivity contribution in [3.05, 3.63) is 48.3 Å². The number of nitrogens with one attached hydrogen (secondary N) is 1. The van der Waals surface area contributed by atoms with Crippen molar-refractivity contribution in [2.24, 2.45) is 0 Å². The van der Waals surface area contributed by atoms with Crippen molar-refractivity contribution in [1.82, 2.24) is 15.1 Å². The first-order valence-electron chi connectivity index (χ1n) is 7.12. The van der Waals surface area contributed by atoms with Crippen LogP contribution < -0.4 is 5.32 Å². The van der Waals surface area contributed by atoms with Gasteiger partial charge in [-0.1, -0.05) is 31.9 Å². The van der Waals surface area contributed by atoms with E-state index in [1.54, 1.807) is 6.20 Å². The van der Waals surface area contributed by atoms with Crippen molar-refractivity contribution >= 4 is 0 Å². The summed E-state index contributed by atoms with van der Waals surface area (Å²) in [5.41, 5.74) is 2.42. The zero-order chi connectivity index (χ0) is 13.5. The van der Waals surface area contributed by atoms with Crippen LogP contribution in [0.15, 0.2) is 42.7 Å². The Balaban J connectivity index is 1.85. The van der Waals surface area contributed by atoms with Crippen LogP contribution in [0.5, 0.6) is 0 Å². The molecule has 1 aromatic carbocycles. The fourth-order valence-corrected chi connectivity index (χ4v) is 2.09. The SMILES string of the molecule is CCCCC(C)NCc1ccc(-n2cccn2)cc1. The van der Waals surface area contributed by atoms with E-state index in [0.717, 1.165) is 12.2 Å². The largest absolute Gasteiger partial charge is 0.310 e. The summed E-state index contributed by atoms with van der Waals surface area (Å²) < 4.78 is 1.88. The summed E-state index contributed by atoms with van der Waals surface area (Å²) in [7, 11) is 0. The van der Waals surface area contributed by atoms with Crippen LogP contribution in [0.2, 0.25) is 0 Å². The van der Waals surface area contributed by atoms with Crippen molar-refractivity contribution in [2.75, 3.05) is 0 Å². The molecule has 2 aromatic rings. The molecule has 102 valence electrons. The highest BCUT2D eigenvalue weighted by molar-refractivity contribution is 5.33. The minimum atomic E-state index is 0.589. The summed E-state index contributed by atoms with van der Waals surface area (Å²) in [5.74, 6) is 0. The number of hydrogen-bond acceptors (Lipinski definition) is 2. The van der Waals surface area contributed by atoms with Crippen LogP contribution >= 0.6 is 0 Å². The van der Waals surface area contributed by atoms with Gasteiger partial charge in [-0.25, -0.2) is 4.68 Å². The Kier molecular flexibility index (Phi) is 5.16. The van der Waals surface area contributed by atoms with Gasteiger partial charge in [-0.3, -0.25) is 0 Å². The lowest BCUT2D eigenvalue weighted by molar-refractivity contribution is 0.495. The first-order valence-corrected chi connectivity index (χ1v) is 7.12. The van der Waals surface area contributed by atoms with Gasteiger partial charge in [-0.15, -0.1) is 0 Å². The van der Waals surface area contributed by atoms with Crippen molar-refractivity contribution in [3.63, 3.8) is 0 Å². The predicted molar refractivity (Wildman–Crippen MR) is 79.4 cm³/mol. The predicted octanol–water partition coefficient (Wildman–Crippen LogP) is 3.54. The maximum Gasteiger partial charge on any atom is 0.0645 e. The highest BCUT2D eigenvalue weighted by Gasteiger charge is 2.01. The van der Waals surface area contributed by atoms with Gasteiger partial charge in [-0.2, -0.15) is 5.10 Å². The molecule has 1 aromatic heterocycles. The first kappa shape index (κ1) is 13.8. The molecule has 0 radical (unpaired) electrons. The third-order valence-electron chi connectivity index (χ3n) is 3.35. The fourth-order valence-electron chi connectivity index (χ4n) is 2.09. The van der Waals surface area contributed by atoms with Crippen LogP contribution in [0.4, 0.5) is 0 Å². The van der Waals surface area contributed by atoms with E-state index in [0.29, 0.717) is 6.04 Å². The highest BCUT2D eigenvalue weighted by atomic mass is 15.3. The molecule has 1 heterocycles. The molecule has 0 bridgehead atoms. The second-order valence-electron chi connectivity index (χ2n) is 5.04. The van der Waals surface area contributed by atoms with Gasteiger partial charge in [-0.05, 0) is 37.1 Å². The Hall–Kier alpha value is -1.61. The van der Waals surface area contributed by atoms with Crippen LogP contribution in [0.1, 0.15) is 38.7 Å². The van der Waals surface area contributed by atoms with E-state index < -0.39 is 0 Å². The minimum absolute atomic E-state index is 0.589. The van der Waals surface area contributed by atoms with Gasteiger partial charge in [0.1, 0.15) is 0 Å². The molecule has 0 amide bonds. The quantitative estimate of drug-likeness (QED) is 0.822. The number of rotatable bonds is 7. The summed E-state index contributed by atoms with van der Waals surface area (Å²) in [4.78, 5) is 0. The lowest BCUT2D eigenvalue weighted by Crippen LogP contribution is -2.25. The van der Waals surface area contributed by atoms with Gasteiger partial charge in [0.15, 0.2) is 0 Å². The van der Waals surface area contributed by atoms with Crippen LogP contribution in [-0.4, -0.2) is 15.8 Å². The van der Waals surface area contributed by atoms with Crippen LogP contribution in [0, 0.1) is 0 Å². The topological polar surface area (TPSA) is 29.9 Å². The Morgan fingerprint density at radius 2 is 2.05 bits per heavy atom. The van der Waals surface area contributed by atoms with Crippen molar-refractivity contribution < 1.29 is 0 Å². The maximum absolute atomic E-state index is 4.23. The molecule has 2 rings (SSSR count). The van der Waals surface area contributed by atoms with Crippen molar-refractivity contribution in [3.8, 4) is 5.69 Å². The molecular weight excluding hydrogens is 234 g/mol. The van der Waals surface area contributed by atoms with Gasteiger partial charge >= 0.3 is 0 Å². The van der Waals surface area contributed by atoms with Crippen LogP contribution in [0.25, 0.3) is 5.69 Å². The fraction of sp³-hybridized carbons (Fsp3) is 0.438. The molecule has 0 fully saturated rings. The molecule has 19 heavy (non-hydrogen) atoms. The van der Waals surface area contributed by atoms with Gasteiger partial charge in [0.05, 0.1) is 5.69 Å². The van der Waals surface area contributed by atoms with E-state index in [2.05, 4.69) is 48.5 Å². The summed E-state index contributed by atoms with van der Waals surface area (Å²) in [5, 5.41) is 7.79. The molecule has 0 aliphatic rings. The summed E-state index contributed by atoms with van der Waals surface area (Å²) in [6, 6.07) is 11.1. The lowest BCUT2D eigenvalue weighted by atomic mass is 10.1. The van der Waals surface area contributed by atoms with Gasteiger partial charge in [0.25, 0.3) is 0 Å². The van der Waals surface area contributed by atoms with E-state index in [9.17, 15) is 0 Å². The maximum atomic E-state index is 4.23. The zero-order valence-electron chi connectivity index (χ0n) is 11.8. The first-order chi connectivity index (χ1) is 9.29. The van der Waals surface area contributed by atoms with E-state index in [1.807, 2.05) is 16.9 Å². The summed E-state index contributed by atoms with van der Waals surface area (Å²) in [6.07, 6.45) is 7.57.